The minimum absolute atomic E-state index is 0.213. The fourth-order valence-electron chi connectivity index (χ4n) is 2.00. The highest BCUT2D eigenvalue weighted by Crippen LogP contribution is 2.34. The maximum absolute atomic E-state index is 13.3. The van der Waals surface area contributed by atoms with Crippen LogP contribution in [0.15, 0.2) is 52.3 Å². The molecule has 0 radical (unpaired) electrons. The van der Waals surface area contributed by atoms with E-state index >= 15 is 0 Å². The molecule has 1 N–H and O–H groups in total. The predicted octanol–water partition coefficient (Wildman–Crippen LogP) is 4.88. The lowest BCUT2D eigenvalue weighted by molar-refractivity contribution is 0.624. The average molecular weight is 308 g/mol. The number of nitrogens with one attached hydrogen (secondary N) is 1. The first-order valence-electron chi connectivity index (χ1n) is 6.66. The van der Waals surface area contributed by atoms with E-state index in [4.69, 9.17) is 11.6 Å². The molecule has 1 fully saturated rings. The van der Waals surface area contributed by atoms with Crippen LogP contribution < -0.4 is 5.32 Å². The van der Waals surface area contributed by atoms with Gasteiger partial charge in [0.1, 0.15) is 5.82 Å². The first kappa shape index (κ1) is 13.9. The molecule has 0 unspecified atom stereocenters. The lowest BCUT2D eigenvalue weighted by atomic mass is 10.2. The molecule has 1 saturated carbocycles. The second-order valence-corrected chi connectivity index (χ2v) is 6.45. The molecule has 20 heavy (non-hydrogen) atoms. The molecule has 0 heterocycles. The van der Waals surface area contributed by atoms with Gasteiger partial charge in [0.2, 0.25) is 0 Å². The van der Waals surface area contributed by atoms with Gasteiger partial charge in [0.15, 0.2) is 0 Å². The highest BCUT2D eigenvalue weighted by Gasteiger charge is 2.21. The van der Waals surface area contributed by atoms with Crippen LogP contribution in [0.5, 0.6) is 0 Å². The first-order chi connectivity index (χ1) is 9.72. The summed E-state index contributed by atoms with van der Waals surface area (Å²) in [5.74, 6) is -0.213. The van der Waals surface area contributed by atoms with Gasteiger partial charge >= 0.3 is 0 Å². The van der Waals surface area contributed by atoms with Gasteiger partial charge in [-0.3, -0.25) is 0 Å². The third-order valence-corrected chi connectivity index (χ3v) is 4.69. The molecule has 0 spiro atoms. The van der Waals surface area contributed by atoms with E-state index < -0.39 is 0 Å². The maximum Gasteiger partial charge on any atom is 0.124 e. The quantitative estimate of drug-likeness (QED) is 0.844. The van der Waals surface area contributed by atoms with Crippen molar-refractivity contribution in [1.29, 1.82) is 0 Å². The Morgan fingerprint density at radius 2 is 2.00 bits per heavy atom. The number of benzene rings is 2. The molecular weight excluding hydrogens is 293 g/mol. The van der Waals surface area contributed by atoms with Gasteiger partial charge in [-0.05, 0) is 48.7 Å². The summed E-state index contributed by atoms with van der Waals surface area (Å²) in [5.41, 5.74) is 1.09. The molecule has 0 aliphatic heterocycles. The SMILES string of the molecule is Fc1cccc(Sc2cccc(Cl)c2CNC2CC2)c1. The van der Waals surface area contributed by atoms with Crippen molar-refractivity contribution in [2.75, 3.05) is 0 Å². The monoisotopic (exact) mass is 307 g/mol. The van der Waals surface area contributed by atoms with Crippen LogP contribution in [0.4, 0.5) is 4.39 Å². The summed E-state index contributed by atoms with van der Waals surface area (Å²) < 4.78 is 13.3. The smallest absolute Gasteiger partial charge is 0.124 e. The molecule has 104 valence electrons. The van der Waals surface area contributed by atoms with Gasteiger partial charge in [0, 0.05) is 27.4 Å². The Morgan fingerprint density at radius 3 is 2.75 bits per heavy atom. The van der Waals surface area contributed by atoms with Crippen LogP contribution in [0.2, 0.25) is 5.02 Å². The Hall–Kier alpha value is -1.03. The normalized spacial score (nSPS) is 14.5. The summed E-state index contributed by atoms with van der Waals surface area (Å²) in [6.45, 7) is 0.766. The van der Waals surface area contributed by atoms with Crippen LogP contribution in [0, 0.1) is 5.82 Å². The lowest BCUT2D eigenvalue weighted by Gasteiger charge is -2.12. The molecule has 0 saturated heterocycles. The molecular formula is C16H15ClFNS. The number of rotatable bonds is 5. The molecule has 4 heteroatoms. The molecule has 2 aromatic rings. The van der Waals surface area contributed by atoms with E-state index in [9.17, 15) is 4.39 Å². The van der Waals surface area contributed by atoms with Crippen LogP contribution in [-0.4, -0.2) is 6.04 Å². The Kier molecular flexibility index (Phi) is 4.29. The van der Waals surface area contributed by atoms with Gasteiger partial charge in [-0.1, -0.05) is 35.5 Å². The topological polar surface area (TPSA) is 12.0 Å². The van der Waals surface area contributed by atoms with Crippen molar-refractivity contribution >= 4 is 23.4 Å². The van der Waals surface area contributed by atoms with Crippen LogP contribution >= 0.6 is 23.4 Å². The Bertz CT molecular complexity index is 613. The minimum atomic E-state index is -0.213. The van der Waals surface area contributed by atoms with Gasteiger partial charge < -0.3 is 5.32 Å². The highest BCUT2D eigenvalue weighted by molar-refractivity contribution is 7.99. The minimum Gasteiger partial charge on any atom is -0.310 e. The zero-order valence-electron chi connectivity index (χ0n) is 10.9. The lowest BCUT2D eigenvalue weighted by Crippen LogP contribution is -2.16. The summed E-state index contributed by atoms with van der Waals surface area (Å²) >= 11 is 7.85. The van der Waals surface area contributed by atoms with Crippen LogP contribution in [0.3, 0.4) is 0 Å². The van der Waals surface area contributed by atoms with E-state index in [1.165, 1.54) is 18.9 Å². The van der Waals surface area contributed by atoms with Crippen molar-refractivity contribution < 1.29 is 4.39 Å². The second-order valence-electron chi connectivity index (χ2n) is 4.93. The standard InChI is InChI=1S/C16H15ClFNS/c17-15-5-2-6-16(14(15)10-19-12-7-8-12)20-13-4-1-3-11(18)9-13/h1-6,9,12,19H,7-8,10H2. The molecule has 3 rings (SSSR count). The number of hydrogen-bond acceptors (Lipinski definition) is 2. The molecule has 2 aromatic carbocycles. The molecule has 0 amide bonds. The summed E-state index contributed by atoms with van der Waals surface area (Å²) in [6.07, 6.45) is 2.49. The van der Waals surface area contributed by atoms with Gasteiger partial charge in [0.25, 0.3) is 0 Å². The van der Waals surface area contributed by atoms with E-state index in [1.807, 2.05) is 24.3 Å². The average Bonchev–Trinajstić information content (AvgIpc) is 3.22. The van der Waals surface area contributed by atoms with E-state index in [2.05, 4.69) is 5.32 Å². The molecule has 1 aliphatic rings. The third kappa shape index (κ3) is 3.54. The molecule has 1 nitrogen and oxygen atoms in total. The highest BCUT2D eigenvalue weighted by atomic mass is 35.5. The van der Waals surface area contributed by atoms with Crippen molar-refractivity contribution in [3.63, 3.8) is 0 Å². The van der Waals surface area contributed by atoms with Crippen molar-refractivity contribution in [1.82, 2.24) is 5.32 Å². The van der Waals surface area contributed by atoms with Crippen LogP contribution in [0.25, 0.3) is 0 Å². The Balaban J connectivity index is 1.82. The van der Waals surface area contributed by atoms with E-state index in [1.54, 1.807) is 23.9 Å². The Labute approximate surface area is 127 Å². The zero-order chi connectivity index (χ0) is 13.9. The van der Waals surface area contributed by atoms with Crippen molar-refractivity contribution in [2.45, 2.75) is 35.2 Å². The summed E-state index contributed by atoms with van der Waals surface area (Å²) in [6, 6.07) is 13.1. The van der Waals surface area contributed by atoms with Crippen LogP contribution in [0.1, 0.15) is 18.4 Å². The van der Waals surface area contributed by atoms with Gasteiger partial charge in [-0.25, -0.2) is 4.39 Å². The second kappa shape index (κ2) is 6.17. The van der Waals surface area contributed by atoms with Crippen molar-refractivity contribution in [2.24, 2.45) is 0 Å². The largest absolute Gasteiger partial charge is 0.310 e. The van der Waals surface area contributed by atoms with Crippen LogP contribution in [-0.2, 0) is 6.54 Å². The fraction of sp³-hybridized carbons (Fsp3) is 0.250. The summed E-state index contributed by atoms with van der Waals surface area (Å²) in [7, 11) is 0. The van der Waals surface area contributed by atoms with E-state index in [0.717, 1.165) is 26.9 Å². The molecule has 1 aliphatic carbocycles. The van der Waals surface area contributed by atoms with Gasteiger partial charge in [0.05, 0.1) is 0 Å². The first-order valence-corrected chi connectivity index (χ1v) is 7.86. The maximum atomic E-state index is 13.3. The summed E-state index contributed by atoms with van der Waals surface area (Å²) in [4.78, 5) is 1.97. The molecule has 0 bridgehead atoms. The molecule has 0 aromatic heterocycles. The van der Waals surface area contributed by atoms with Crippen molar-refractivity contribution in [3.05, 3.63) is 58.9 Å². The zero-order valence-corrected chi connectivity index (χ0v) is 12.5. The fourth-order valence-corrected chi connectivity index (χ4v) is 3.32. The Morgan fingerprint density at radius 1 is 1.20 bits per heavy atom. The molecule has 0 atom stereocenters. The van der Waals surface area contributed by atoms with Gasteiger partial charge in [-0.15, -0.1) is 0 Å². The van der Waals surface area contributed by atoms with E-state index in [-0.39, 0.29) is 5.82 Å². The van der Waals surface area contributed by atoms with E-state index in [0.29, 0.717) is 6.04 Å². The number of hydrogen-bond donors (Lipinski definition) is 1. The van der Waals surface area contributed by atoms with Crippen molar-refractivity contribution in [3.8, 4) is 0 Å². The predicted molar refractivity (Wildman–Crippen MR) is 81.8 cm³/mol. The van der Waals surface area contributed by atoms with Gasteiger partial charge in [-0.2, -0.15) is 0 Å². The summed E-state index contributed by atoms with van der Waals surface area (Å²) in [5, 5.41) is 4.24. The third-order valence-electron chi connectivity index (χ3n) is 3.24. The number of halogens is 2.